The molecule has 1 saturated heterocycles. The van der Waals surface area contributed by atoms with Crippen LogP contribution in [0.25, 0.3) is 0 Å². The Kier molecular flexibility index (Phi) is 6.28. The van der Waals surface area contributed by atoms with Crippen LogP contribution in [0, 0.1) is 0 Å². The van der Waals surface area contributed by atoms with E-state index in [9.17, 15) is 21.6 Å². The average molecular weight is 478 g/mol. The van der Waals surface area contributed by atoms with Gasteiger partial charge in [-0.3, -0.25) is 9.10 Å². The van der Waals surface area contributed by atoms with Crippen molar-refractivity contribution in [1.29, 1.82) is 0 Å². The van der Waals surface area contributed by atoms with Crippen LogP contribution in [-0.4, -0.2) is 70.9 Å². The van der Waals surface area contributed by atoms with Gasteiger partial charge in [-0.1, -0.05) is 30.3 Å². The number of fused-ring (bicyclic) bond motifs is 1. The van der Waals surface area contributed by atoms with Gasteiger partial charge in [-0.05, 0) is 42.2 Å². The maximum atomic E-state index is 13.0. The first-order valence-electron chi connectivity index (χ1n) is 10.6. The topological polar surface area (TPSA) is 95.1 Å². The number of aryl methyl sites for hydroxylation is 1. The van der Waals surface area contributed by atoms with Crippen LogP contribution in [0.3, 0.4) is 0 Å². The molecule has 0 spiro atoms. The largest absolute Gasteiger partial charge is 0.336 e. The SMILES string of the molecule is CS(=O)(=O)N1CCCc2cc(C(=O)N3CCN(S(=O)(=O)Cc4ccccc4)CC3)ccc21. The zero-order valence-corrected chi connectivity index (χ0v) is 19.6. The maximum absolute atomic E-state index is 13.0. The summed E-state index contributed by atoms with van der Waals surface area (Å²) in [5, 5.41) is 0. The van der Waals surface area contributed by atoms with Crippen LogP contribution in [0.15, 0.2) is 48.5 Å². The number of hydrogen-bond acceptors (Lipinski definition) is 5. The lowest BCUT2D eigenvalue weighted by Gasteiger charge is -2.34. The van der Waals surface area contributed by atoms with E-state index in [2.05, 4.69) is 0 Å². The molecule has 0 bridgehead atoms. The van der Waals surface area contributed by atoms with Crippen LogP contribution in [-0.2, 0) is 32.2 Å². The van der Waals surface area contributed by atoms with Crippen LogP contribution in [0.4, 0.5) is 5.69 Å². The number of carbonyl (C=O) groups is 1. The van der Waals surface area contributed by atoms with Gasteiger partial charge in [0.05, 0.1) is 17.7 Å². The first-order chi connectivity index (χ1) is 15.1. The van der Waals surface area contributed by atoms with Crippen molar-refractivity contribution >= 4 is 31.6 Å². The predicted octanol–water partition coefficient (Wildman–Crippen LogP) is 1.69. The van der Waals surface area contributed by atoms with Crippen molar-refractivity contribution < 1.29 is 21.6 Å². The van der Waals surface area contributed by atoms with Crippen LogP contribution in [0.1, 0.15) is 27.9 Å². The van der Waals surface area contributed by atoms with Crippen LogP contribution in [0.2, 0.25) is 0 Å². The fourth-order valence-electron chi connectivity index (χ4n) is 4.27. The minimum Gasteiger partial charge on any atom is -0.336 e. The van der Waals surface area contributed by atoms with Crippen LogP contribution < -0.4 is 4.31 Å². The number of nitrogens with zero attached hydrogens (tertiary/aromatic N) is 3. The highest BCUT2D eigenvalue weighted by Crippen LogP contribution is 2.30. The lowest BCUT2D eigenvalue weighted by atomic mass is 10.00. The van der Waals surface area contributed by atoms with Crippen LogP contribution in [0.5, 0.6) is 0 Å². The molecular formula is C22H27N3O5S2. The molecule has 2 aliphatic heterocycles. The predicted molar refractivity (Wildman–Crippen MR) is 123 cm³/mol. The molecule has 2 aromatic carbocycles. The van der Waals surface area contributed by atoms with Crippen molar-refractivity contribution in [2.24, 2.45) is 0 Å². The molecule has 0 N–H and O–H groups in total. The molecule has 0 aliphatic carbocycles. The third-order valence-corrected chi connectivity index (χ3v) is 8.94. The standard InChI is InChI=1S/C22H27N3O5S2/c1-31(27,28)25-11-5-8-19-16-20(9-10-21(19)25)22(26)23-12-14-24(15-13-23)32(29,30)17-18-6-3-2-4-7-18/h2-4,6-7,9-10,16H,5,8,11-15,17H2,1H3. The molecule has 0 radical (unpaired) electrons. The molecule has 4 rings (SSSR count). The number of benzene rings is 2. The zero-order valence-electron chi connectivity index (χ0n) is 18.0. The lowest BCUT2D eigenvalue weighted by molar-refractivity contribution is 0.0697. The minimum absolute atomic E-state index is 0.0521. The first-order valence-corrected chi connectivity index (χ1v) is 14.0. The smallest absolute Gasteiger partial charge is 0.253 e. The Morgan fingerprint density at radius 2 is 1.59 bits per heavy atom. The van der Waals surface area contributed by atoms with Gasteiger partial charge in [-0.15, -0.1) is 0 Å². The van der Waals surface area contributed by atoms with Gasteiger partial charge in [0.2, 0.25) is 20.0 Å². The van der Waals surface area contributed by atoms with Gasteiger partial charge in [0.25, 0.3) is 5.91 Å². The van der Waals surface area contributed by atoms with Crippen molar-refractivity contribution in [2.45, 2.75) is 18.6 Å². The summed E-state index contributed by atoms with van der Waals surface area (Å²) in [4.78, 5) is 14.7. The van der Waals surface area contributed by atoms with Crippen molar-refractivity contribution in [3.8, 4) is 0 Å². The second kappa shape index (κ2) is 8.84. The summed E-state index contributed by atoms with van der Waals surface area (Å²) in [5.41, 5.74) is 2.71. The third kappa shape index (κ3) is 4.82. The molecule has 0 atom stereocenters. The number of piperazine rings is 1. The summed E-state index contributed by atoms with van der Waals surface area (Å²) in [7, 11) is -6.81. The molecule has 2 heterocycles. The average Bonchev–Trinajstić information content (AvgIpc) is 2.77. The lowest BCUT2D eigenvalue weighted by Crippen LogP contribution is -2.50. The van der Waals surface area contributed by atoms with Gasteiger partial charge in [-0.25, -0.2) is 16.8 Å². The first kappa shape index (κ1) is 22.8. The summed E-state index contributed by atoms with van der Waals surface area (Å²) in [6.45, 7) is 1.60. The highest BCUT2D eigenvalue weighted by molar-refractivity contribution is 7.92. The number of hydrogen-bond donors (Lipinski definition) is 0. The monoisotopic (exact) mass is 477 g/mol. The Balaban J connectivity index is 1.43. The van der Waals surface area contributed by atoms with Gasteiger partial charge in [0, 0.05) is 38.3 Å². The summed E-state index contributed by atoms with van der Waals surface area (Å²) in [6.07, 6.45) is 2.61. The molecule has 10 heteroatoms. The second-order valence-corrected chi connectivity index (χ2v) is 12.1. The number of carbonyl (C=O) groups excluding carboxylic acids is 1. The maximum Gasteiger partial charge on any atom is 0.253 e. The normalized spacial score (nSPS) is 17.8. The summed E-state index contributed by atoms with van der Waals surface area (Å²) in [6, 6.07) is 14.2. The van der Waals surface area contributed by atoms with Gasteiger partial charge in [0.1, 0.15) is 0 Å². The quantitative estimate of drug-likeness (QED) is 0.653. The van der Waals surface area contributed by atoms with E-state index in [1.165, 1.54) is 14.9 Å². The Labute approximate surface area is 189 Å². The second-order valence-electron chi connectivity index (χ2n) is 8.22. The number of amides is 1. The summed E-state index contributed by atoms with van der Waals surface area (Å²) in [5.74, 6) is -0.215. The Morgan fingerprint density at radius 3 is 2.25 bits per heavy atom. The van der Waals surface area contributed by atoms with E-state index in [4.69, 9.17) is 0 Å². The molecule has 0 unspecified atom stereocenters. The van der Waals surface area contributed by atoms with Gasteiger partial charge < -0.3 is 4.90 Å². The number of rotatable bonds is 5. The van der Waals surface area contributed by atoms with Crippen LogP contribution >= 0.6 is 0 Å². The van der Waals surface area contributed by atoms with E-state index in [0.717, 1.165) is 11.1 Å². The Morgan fingerprint density at radius 1 is 0.906 bits per heavy atom. The Bertz CT molecular complexity index is 1210. The molecule has 2 aromatic rings. The molecule has 172 valence electrons. The highest BCUT2D eigenvalue weighted by Gasteiger charge is 2.30. The van der Waals surface area contributed by atoms with Crippen molar-refractivity contribution in [2.75, 3.05) is 43.3 Å². The third-order valence-electron chi connectivity index (χ3n) is 5.91. The van der Waals surface area contributed by atoms with E-state index >= 15 is 0 Å². The molecule has 32 heavy (non-hydrogen) atoms. The molecule has 0 saturated carbocycles. The fraction of sp³-hybridized carbons (Fsp3) is 0.409. The molecular weight excluding hydrogens is 450 g/mol. The van der Waals surface area contributed by atoms with E-state index in [-0.39, 0.29) is 24.7 Å². The van der Waals surface area contributed by atoms with Crippen molar-refractivity contribution in [3.05, 3.63) is 65.2 Å². The molecule has 2 aliphatic rings. The van der Waals surface area contributed by atoms with Gasteiger partial charge in [-0.2, -0.15) is 4.31 Å². The number of anilines is 1. The van der Waals surface area contributed by atoms with E-state index in [1.807, 2.05) is 18.2 Å². The molecule has 1 fully saturated rings. The summed E-state index contributed by atoms with van der Waals surface area (Å²) < 4.78 is 52.4. The van der Waals surface area contributed by atoms with Gasteiger partial charge in [0.15, 0.2) is 0 Å². The van der Waals surface area contributed by atoms with E-state index in [0.29, 0.717) is 43.7 Å². The van der Waals surface area contributed by atoms with E-state index in [1.54, 1.807) is 35.2 Å². The van der Waals surface area contributed by atoms with E-state index < -0.39 is 20.0 Å². The summed E-state index contributed by atoms with van der Waals surface area (Å²) >= 11 is 0. The molecule has 8 nitrogen and oxygen atoms in total. The Hall–Kier alpha value is -2.43. The minimum atomic E-state index is -3.45. The fourth-order valence-corrected chi connectivity index (χ4v) is 6.78. The van der Waals surface area contributed by atoms with Gasteiger partial charge >= 0.3 is 0 Å². The highest BCUT2D eigenvalue weighted by atomic mass is 32.2. The molecule has 1 amide bonds. The van der Waals surface area contributed by atoms with Crippen molar-refractivity contribution in [3.63, 3.8) is 0 Å². The van der Waals surface area contributed by atoms with Crippen molar-refractivity contribution in [1.82, 2.24) is 9.21 Å². The number of sulfonamides is 2. The zero-order chi connectivity index (χ0) is 22.9. The molecule has 0 aromatic heterocycles.